The molecular weight excluding hydrogens is 448 g/mol. The number of nitrogens with zero attached hydrogens (tertiary/aromatic N) is 2. The quantitative estimate of drug-likeness (QED) is 0.233. The van der Waals surface area contributed by atoms with Crippen LogP contribution in [-0.4, -0.2) is 11.6 Å². The normalized spacial score (nSPS) is 10.4. The first-order valence-corrected chi connectivity index (χ1v) is 11.5. The van der Waals surface area contributed by atoms with Crippen molar-refractivity contribution in [1.29, 1.82) is 0 Å². The average molecular weight is 473 g/mol. The lowest BCUT2D eigenvalue weighted by Crippen LogP contribution is -2.12. The molecule has 0 unspecified atom stereocenters. The summed E-state index contributed by atoms with van der Waals surface area (Å²) in [5.74, 6) is 0.717. The Kier molecular flexibility index (Phi) is 6.63. The lowest BCUT2D eigenvalue weighted by Gasteiger charge is -2.28. The molecule has 0 saturated carbocycles. The minimum atomic E-state index is 0.227. The number of benzene rings is 5. The summed E-state index contributed by atoms with van der Waals surface area (Å²) < 4.78 is 4.97. The largest absolute Gasteiger partial charge is 0.508 e. The van der Waals surface area contributed by atoms with Crippen molar-refractivity contribution in [3.8, 4) is 11.5 Å². The van der Waals surface area contributed by atoms with Crippen LogP contribution in [0.2, 0.25) is 0 Å². The Labute approximate surface area is 210 Å². The predicted molar refractivity (Wildman–Crippen MR) is 144 cm³/mol. The van der Waals surface area contributed by atoms with Crippen molar-refractivity contribution < 1.29 is 14.6 Å². The number of carbonyl (C=O) groups excluding carboxylic acids is 1. The number of ether oxygens (including phenoxy) is 1. The van der Waals surface area contributed by atoms with E-state index in [1.807, 2.05) is 60.7 Å². The van der Waals surface area contributed by atoms with Gasteiger partial charge in [-0.15, -0.1) is 0 Å². The van der Waals surface area contributed by atoms with Crippen molar-refractivity contribution in [2.45, 2.75) is 0 Å². The van der Waals surface area contributed by atoms with E-state index in [0.717, 1.165) is 34.1 Å². The van der Waals surface area contributed by atoms with Gasteiger partial charge in [-0.3, -0.25) is 4.79 Å². The van der Waals surface area contributed by atoms with E-state index in [4.69, 9.17) is 4.74 Å². The monoisotopic (exact) mass is 472 g/mol. The summed E-state index contributed by atoms with van der Waals surface area (Å²) in [6, 6.07) is 43.1. The molecule has 5 heteroatoms. The zero-order valence-electron chi connectivity index (χ0n) is 19.4. The number of anilines is 6. The first-order chi connectivity index (χ1) is 17.7. The number of phenols is 1. The second kappa shape index (κ2) is 10.5. The van der Waals surface area contributed by atoms with Gasteiger partial charge in [0.05, 0.1) is 0 Å². The zero-order chi connectivity index (χ0) is 24.7. The second-order valence-corrected chi connectivity index (χ2v) is 8.08. The molecule has 1 N–H and O–H groups in total. The Morgan fingerprint density at radius 1 is 0.472 bits per heavy atom. The van der Waals surface area contributed by atoms with E-state index in [0.29, 0.717) is 12.2 Å². The fourth-order valence-electron chi connectivity index (χ4n) is 4.13. The van der Waals surface area contributed by atoms with E-state index < -0.39 is 0 Å². The van der Waals surface area contributed by atoms with Crippen LogP contribution in [0.5, 0.6) is 11.5 Å². The number of carbonyl (C=O) groups is 1. The molecule has 0 radical (unpaired) electrons. The maximum atomic E-state index is 10.7. The fourth-order valence-corrected chi connectivity index (χ4v) is 4.13. The standard InChI is InChI=1S/C31H24N2O3/c34-23-36-31-21-17-29(18-22-31)33(25-9-5-2-6-10-25)27-13-11-26(12-14-27)32(24-7-3-1-4-8-24)28-15-19-30(35)20-16-28/h1-23,35H. The summed E-state index contributed by atoms with van der Waals surface area (Å²) in [4.78, 5) is 15.0. The highest BCUT2D eigenvalue weighted by Crippen LogP contribution is 2.39. The number of rotatable bonds is 8. The Morgan fingerprint density at radius 3 is 1.19 bits per heavy atom. The molecule has 0 aromatic heterocycles. The minimum Gasteiger partial charge on any atom is -0.508 e. The van der Waals surface area contributed by atoms with Gasteiger partial charge >= 0.3 is 0 Å². The summed E-state index contributed by atoms with van der Waals surface area (Å²) in [5.41, 5.74) is 5.86. The molecule has 0 heterocycles. The van der Waals surface area contributed by atoms with Crippen LogP contribution in [0.3, 0.4) is 0 Å². The van der Waals surface area contributed by atoms with Crippen LogP contribution < -0.4 is 14.5 Å². The molecule has 0 amide bonds. The maximum absolute atomic E-state index is 10.7. The van der Waals surface area contributed by atoms with Crippen LogP contribution in [0, 0.1) is 0 Å². The highest BCUT2D eigenvalue weighted by atomic mass is 16.5. The molecule has 0 spiro atoms. The molecule has 0 atom stereocenters. The first kappa shape index (κ1) is 22.7. The smallest absolute Gasteiger partial charge is 0.298 e. The average Bonchev–Trinajstić information content (AvgIpc) is 2.93. The number of para-hydroxylation sites is 2. The third-order valence-electron chi connectivity index (χ3n) is 5.78. The van der Waals surface area contributed by atoms with Gasteiger partial charge in [0.25, 0.3) is 6.47 Å². The van der Waals surface area contributed by atoms with Crippen LogP contribution in [0.1, 0.15) is 0 Å². The number of phenolic OH excluding ortho intramolecular Hbond substituents is 1. The van der Waals surface area contributed by atoms with Crippen molar-refractivity contribution in [3.63, 3.8) is 0 Å². The Bertz CT molecular complexity index is 1400. The van der Waals surface area contributed by atoms with Crippen LogP contribution in [-0.2, 0) is 4.79 Å². The Balaban J connectivity index is 1.55. The van der Waals surface area contributed by atoms with E-state index in [-0.39, 0.29) is 5.75 Å². The van der Waals surface area contributed by atoms with E-state index in [1.165, 1.54) is 0 Å². The van der Waals surface area contributed by atoms with Crippen molar-refractivity contribution >= 4 is 40.6 Å². The van der Waals surface area contributed by atoms with Crippen LogP contribution in [0.4, 0.5) is 34.1 Å². The minimum absolute atomic E-state index is 0.227. The van der Waals surface area contributed by atoms with Gasteiger partial charge in [0.15, 0.2) is 0 Å². The van der Waals surface area contributed by atoms with E-state index in [2.05, 4.69) is 58.3 Å². The van der Waals surface area contributed by atoms with E-state index in [9.17, 15) is 9.90 Å². The molecule has 176 valence electrons. The molecule has 36 heavy (non-hydrogen) atoms. The summed E-state index contributed by atoms with van der Waals surface area (Å²) in [5, 5.41) is 9.79. The molecule has 0 bridgehead atoms. The molecule has 5 rings (SSSR count). The summed E-state index contributed by atoms with van der Waals surface area (Å²) in [7, 11) is 0. The zero-order valence-corrected chi connectivity index (χ0v) is 19.4. The molecule has 0 saturated heterocycles. The Hall–Kier alpha value is -5.03. The molecule has 0 aliphatic carbocycles. The molecule has 5 nitrogen and oxygen atoms in total. The topological polar surface area (TPSA) is 53.0 Å². The van der Waals surface area contributed by atoms with Gasteiger partial charge in [-0.05, 0) is 97.1 Å². The highest BCUT2D eigenvalue weighted by molar-refractivity contribution is 5.81. The maximum Gasteiger partial charge on any atom is 0.298 e. The number of hydrogen-bond acceptors (Lipinski definition) is 5. The highest BCUT2D eigenvalue weighted by Gasteiger charge is 2.16. The van der Waals surface area contributed by atoms with Crippen molar-refractivity contribution in [2.24, 2.45) is 0 Å². The molecule has 5 aromatic carbocycles. The molecule has 0 fully saturated rings. The van der Waals surface area contributed by atoms with Crippen molar-refractivity contribution in [3.05, 3.63) is 133 Å². The van der Waals surface area contributed by atoms with Crippen LogP contribution in [0.25, 0.3) is 0 Å². The van der Waals surface area contributed by atoms with Crippen LogP contribution in [0.15, 0.2) is 133 Å². The molecular formula is C31H24N2O3. The third kappa shape index (κ3) is 4.91. The second-order valence-electron chi connectivity index (χ2n) is 8.08. The van der Waals surface area contributed by atoms with Crippen molar-refractivity contribution in [2.75, 3.05) is 9.80 Å². The molecule has 5 aromatic rings. The van der Waals surface area contributed by atoms with Gasteiger partial charge < -0.3 is 19.6 Å². The lowest BCUT2D eigenvalue weighted by atomic mass is 10.1. The van der Waals surface area contributed by atoms with Gasteiger partial charge in [0, 0.05) is 34.1 Å². The summed E-state index contributed by atoms with van der Waals surface area (Å²) in [6.07, 6.45) is 0. The van der Waals surface area contributed by atoms with Crippen LogP contribution >= 0.6 is 0 Å². The van der Waals surface area contributed by atoms with Gasteiger partial charge in [0.2, 0.25) is 0 Å². The third-order valence-corrected chi connectivity index (χ3v) is 5.78. The van der Waals surface area contributed by atoms with Crippen molar-refractivity contribution in [1.82, 2.24) is 0 Å². The number of hydrogen-bond donors (Lipinski definition) is 1. The van der Waals surface area contributed by atoms with Gasteiger partial charge in [-0.1, -0.05) is 36.4 Å². The predicted octanol–water partition coefficient (Wildman–Crippen LogP) is 7.87. The molecule has 0 aliphatic rings. The summed E-state index contributed by atoms with van der Waals surface area (Å²) in [6.45, 7) is 0.426. The fraction of sp³-hybridized carbons (Fsp3) is 0. The van der Waals surface area contributed by atoms with Gasteiger partial charge in [-0.2, -0.15) is 0 Å². The van der Waals surface area contributed by atoms with E-state index >= 15 is 0 Å². The van der Waals surface area contributed by atoms with Gasteiger partial charge in [0.1, 0.15) is 11.5 Å². The number of aromatic hydroxyl groups is 1. The Morgan fingerprint density at radius 2 is 0.806 bits per heavy atom. The van der Waals surface area contributed by atoms with E-state index in [1.54, 1.807) is 24.3 Å². The molecule has 0 aliphatic heterocycles. The van der Waals surface area contributed by atoms with Gasteiger partial charge in [-0.25, -0.2) is 0 Å². The SMILES string of the molecule is O=COc1ccc(N(c2ccccc2)c2ccc(N(c3ccccc3)c3ccc(O)cc3)cc2)cc1. The lowest BCUT2D eigenvalue weighted by molar-refractivity contribution is -0.120. The first-order valence-electron chi connectivity index (χ1n) is 11.5. The summed E-state index contributed by atoms with van der Waals surface area (Å²) >= 11 is 0.